The number of methoxy groups -OCH3 is 1. The van der Waals surface area contributed by atoms with Crippen LogP contribution in [0, 0.1) is 13.8 Å². The van der Waals surface area contributed by atoms with E-state index in [2.05, 4.69) is 9.72 Å². The summed E-state index contributed by atoms with van der Waals surface area (Å²) >= 11 is 5.91. The third kappa shape index (κ3) is 4.42. The molecule has 1 N–H and O–H groups in total. The van der Waals surface area contributed by atoms with Crippen LogP contribution in [0.15, 0.2) is 6.07 Å². The Hall–Kier alpha value is -2.15. The quantitative estimate of drug-likeness (QED) is 0.675. The molecule has 1 atom stereocenters. The summed E-state index contributed by atoms with van der Waals surface area (Å²) in [7, 11) is 1.11. The average molecular weight is 315 g/mol. The number of carbonyl (C=O) groups is 3. The summed E-state index contributed by atoms with van der Waals surface area (Å²) in [4.78, 5) is 38.5. The zero-order chi connectivity index (χ0) is 16.2. The molecular formula is C13H15ClN2O5. The number of hydrogen-bond donors (Lipinski definition) is 1. The second-order valence-corrected chi connectivity index (χ2v) is 4.63. The first-order valence-corrected chi connectivity index (χ1v) is 6.37. The molecule has 0 unspecified atom stereocenters. The highest BCUT2D eigenvalue weighted by Crippen LogP contribution is 2.20. The van der Waals surface area contributed by atoms with Crippen LogP contribution in [-0.4, -0.2) is 36.2 Å². The number of ether oxygens (including phenoxy) is 2. The molecule has 21 heavy (non-hydrogen) atoms. The number of carbonyl (C=O) groups excluding carboxylic acids is 3. The summed E-state index contributed by atoms with van der Waals surface area (Å²) in [6.45, 7) is 4.73. The average Bonchev–Trinajstić information content (AvgIpc) is 2.36. The van der Waals surface area contributed by atoms with Crippen molar-refractivity contribution in [1.29, 1.82) is 0 Å². The maximum Gasteiger partial charge on any atom is 0.413 e. The number of imide groups is 1. The first-order chi connectivity index (χ1) is 9.76. The number of aromatic nitrogens is 1. The number of halogens is 1. The lowest BCUT2D eigenvalue weighted by Crippen LogP contribution is -2.39. The SMILES string of the molecule is COC(=O)NC(=O)[C@H](C)OC(=O)c1c(C)cc(C)nc1Cl. The fourth-order valence-electron chi connectivity index (χ4n) is 1.56. The van der Waals surface area contributed by atoms with Gasteiger partial charge in [0.2, 0.25) is 0 Å². The standard InChI is InChI=1S/C13H15ClN2O5/c1-6-5-7(2)15-10(14)9(6)12(18)21-8(3)11(17)16-13(19)20-4/h5,8H,1-4H3,(H,16,17,19)/t8-/m0/s1. The smallest absolute Gasteiger partial charge is 0.413 e. The molecule has 0 saturated carbocycles. The third-order valence-electron chi connectivity index (χ3n) is 2.57. The Morgan fingerprint density at radius 1 is 1.33 bits per heavy atom. The van der Waals surface area contributed by atoms with Crippen molar-refractivity contribution < 1.29 is 23.9 Å². The molecule has 0 aliphatic carbocycles. The van der Waals surface area contributed by atoms with Crippen LogP contribution in [-0.2, 0) is 14.3 Å². The van der Waals surface area contributed by atoms with Gasteiger partial charge in [0.15, 0.2) is 6.10 Å². The molecule has 7 nitrogen and oxygen atoms in total. The summed E-state index contributed by atoms with van der Waals surface area (Å²) in [5, 5.41) is 1.90. The van der Waals surface area contributed by atoms with Crippen molar-refractivity contribution in [2.45, 2.75) is 26.9 Å². The normalized spacial score (nSPS) is 11.5. The first-order valence-electron chi connectivity index (χ1n) is 5.99. The molecule has 0 aliphatic heterocycles. The van der Waals surface area contributed by atoms with Crippen molar-refractivity contribution in [3.8, 4) is 0 Å². The second-order valence-electron chi connectivity index (χ2n) is 4.27. The zero-order valence-corrected chi connectivity index (χ0v) is 12.8. The molecule has 114 valence electrons. The van der Waals surface area contributed by atoms with Crippen LogP contribution in [0.3, 0.4) is 0 Å². The van der Waals surface area contributed by atoms with Gasteiger partial charge in [-0.2, -0.15) is 0 Å². The molecule has 2 amide bonds. The van der Waals surface area contributed by atoms with E-state index in [0.717, 1.165) is 7.11 Å². The van der Waals surface area contributed by atoms with Gasteiger partial charge >= 0.3 is 12.1 Å². The van der Waals surface area contributed by atoms with E-state index < -0.39 is 24.1 Å². The number of pyridine rings is 1. The molecule has 1 aromatic heterocycles. The Kier molecular flexibility index (Phi) is 5.66. The number of esters is 1. The zero-order valence-electron chi connectivity index (χ0n) is 12.0. The van der Waals surface area contributed by atoms with Crippen LogP contribution in [0.4, 0.5) is 4.79 Å². The minimum Gasteiger partial charge on any atom is -0.453 e. The lowest BCUT2D eigenvalue weighted by atomic mass is 10.1. The van der Waals surface area contributed by atoms with Crippen molar-refractivity contribution >= 4 is 29.6 Å². The summed E-state index contributed by atoms with van der Waals surface area (Å²) in [5.74, 6) is -1.60. The number of amides is 2. The Bertz CT molecular complexity index is 565. The molecule has 1 rings (SSSR count). The Balaban J connectivity index is 2.82. The first kappa shape index (κ1) is 16.9. The highest BCUT2D eigenvalue weighted by atomic mass is 35.5. The lowest BCUT2D eigenvalue weighted by Gasteiger charge is -2.14. The summed E-state index contributed by atoms with van der Waals surface area (Å²) in [6.07, 6.45) is -2.12. The van der Waals surface area contributed by atoms with Crippen LogP contribution >= 0.6 is 11.6 Å². The van der Waals surface area contributed by atoms with E-state index in [1.807, 2.05) is 5.32 Å². The van der Waals surface area contributed by atoms with E-state index in [1.165, 1.54) is 6.92 Å². The van der Waals surface area contributed by atoms with Crippen LogP contribution < -0.4 is 5.32 Å². The number of nitrogens with zero attached hydrogens (tertiary/aromatic N) is 1. The predicted octanol–water partition coefficient (Wildman–Crippen LogP) is 1.78. The molecule has 0 saturated heterocycles. The molecule has 0 aromatic carbocycles. The van der Waals surface area contributed by atoms with Crippen molar-refractivity contribution in [1.82, 2.24) is 10.3 Å². The molecule has 1 heterocycles. The number of aryl methyl sites for hydroxylation is 2. The molecule has 1 aromatic rings. The highest BCUT2D eigenvalue weighted by molar-refractivity contribution is 6.32. The van der Waals surface area contributed by atoms with Gasteiger partial charge in [-0.25, -0.2) is 14.6 Å². The highest BCUT2D eigenvalue weighted by Gasteiger charge is 2.24. The van der Waals surface area contributed by atoms with E-state index in [9.17, 15) is 14.4 Å². The fraction of sp³-hybridized carbons (Fsp3) is 0.385. The molecule has 0 radical (unpaired) electrons. The topological polar surface area (TPSA) is 94.6 Å². The second kappa shape index (κ2) is 7.03. The summed E-state index contributed by atoms with van der Waals surface area (Å²) in [5.41, 5.74) is 1.32. The van der Waals surface area contributed by atoms with Crippen LogP contribution in [0.25, 0.3) is 0 Å². The Morgan fingerprint density at radius 2 is 1.95 bits per heavy atom. The van der Waals surface area contributed by atoms with Gasteiger partial charge in [-0.05, 0) is 32.4 Å². The van der Waals surface area contributed by atoms with Gasteiger partial charge in [0.1, 0.15) is 5.15 Å². The van der Waals surface area contributed by atoms with E-state index in [4.69, 9.17) is 16.3 Å². The van der Waals surface area contributed by atoms with Gasteiger partial charge in [0.25, 0.3) is 5.91 Å². The maximum atomic E-state index is 12.0. The van der Waals surface area contributed by atoms with Crippen LogP contribution in [0.2, 0.25) is 5.15 Å². The molecule has 8 heteroatoms. The van der Waals surface area contributed by atoms with Crippen LogP contribution in [0.1, 0.15) is 28.5 Å². The lowest BCUT2D eigenvalue weighted by molar-refractivity contribution is -0.128. The molecule has 0 aliphatic rings. The molecule has 0 spiro atoms. The number of alkyl carbamates (subject to hydrolysis) is 1. The third-order valence-corrected chi connectivity index (χ3v) is 2.84. The van der Waals surface area contributed by atoms with Gasteiger partial charge in [-0.3, -0.25) is 10.1 Å². The van der Waals surface area contributed by atoms with Gasteiger partial charge in [0, 0.05) is 5.69 Å². The Morgan fingerprint density at radius 3 is 2.48 bits per heavy atom. The maximum absolute atomic E-state index is 12.0. The number of nitrogens with one attached hydrogen (secondary N) is 1. The minimum absolute atomic E-state index is 0.00178. The monoisotopic (exact) mass is 314 g/mol. The molecule has 0 bridgehead atoms. The van der Waals surface area contributed by atoms with Gasteiger partial charge in [0.05, 0.1) is 12.7 Å². The van der Waals surface area contributed by atoms with E-state index in [0.29, 0.717) is 11.3 Å². The van der Waals surface area contributed by atoms with Crippen molar-refractivity contribution in [3.63, 3.8) is 0 Å². The molecular weight excluding hydrogens is 300 g/mol. The van der Waals surface area contributed by atoms with Crippen molar-refractivity contribution in [2.75, 3.05) is 7.11 Å². The summed E-state index contributed by atoms with van der Waals surface area (Å²) in [6, 6.07) is 1.67. The minimum atomic E-state index is -1.19. The predicted molar refractivity (Wildman–Crippen MR) is 74.1 cm³/mol. The fourth-order valence-corrected chi connectivity index (χ4v) is 1.92. The van der Waals surface area contributed by atoms with E-state index in [1.54, 1.807) is 19.9 Å². The van der Waals surface area contributed by atoms with Crippen molar-refractivity contribution in [2.24, 2.45) is 0 Å². The largest absolute Gasteiger partial charge is 0.453 e. The number of hydrogen-bond acceptors (Lipinski definition) is 6. The Labute approximate surface area is 126 Å². The van der Waals surface area contributed by atoms with Crippen LogP contribution in [0.5, 0.6) is 0 Å². The van der Waals surface area contributed by atoms with Crippen molar-refractivity contribution in [3.05, 3.63) is 28.0 Å². The van der Waals surface area contributed by atoms with E-state index in [-0.39, 0.29) is 10.7 Å². The van der Waals surface area contributed by atoms with Gasteiger partial charge in [-0.1, -0.05) is 11.6 Å². The molecule has 0 fully saturated rings. The van der Waals surface area contributed by atoms with Gasteiger partial charge < -0.3 is 9.47 Å². The van der Waals surface area contributed by atoms with Gasteiger partial charge in [-0.15, -0.1) is 0 Å². The van der Waals surface area contributed by atoms with E-state index >= 15 is 0 Å². The number of rotatable bonds is 3. The summed E-state index contributed by atoms with van der Waals surface area (Å²) < 4.78 is 9.23.